The molecule has 0 spiro atoms. The Bertz CT molecular complexity index is 534. The summed E-state index contributed by atoms with van der Waals surface area (Å²) < 4.78 is 5.45. The molecule has 1 aliphatic rings. The maximum atomic E-state index is 12.1. The van der Waals surface area contributed by atoms with E-state index in [4.69, 9.17) is 4.74 Å². The van der Waals surface area contributed by atoms with E-state index in [1.54, 1.807) is 6.07 Å². The molecule has 2 amide bonds. The fourth-order valence-corrected chi connectivity index (χ4v) is 2.53. The third-order valence-corrected chi connectivity index (χ3v) is 3.74. The molecule has 0 aromatic heterocycles. The number of piperidine rings is 1. The van der Waals surface area contributed by atoms with Crippen molar-refractivity contribution in [1.29, 1.82) is 0 Å². The highest BCUT2D eigenvalue weighted by Crippen LogP contribution is 2.13. The lowest BCUT2D eigenvalue weighted by Crippen LogP contribution is -2.46. The normalized spacial score (nSPS) is 16.6. The van der Waals surface area contributed by atoms with E-state index in [-0.39, 0.29) is 36.9 Å². The van der Waals surface area contributed by atoms with E-state index in [0.717, 1.165) is 31.4 Å². The fraction of sp³-hybridized carbons (Fsp3) is 0.529. The quantitative estimate of drug-likeness (QED) is 0.690. The highest BCUT2D eigenvalue weighted by Gasteiger charge is 2.19. The van der Waals surface area contributed by atoms with Crippen LogP contribution in [0.2, 0.25) is 0 Å². The van der Waals surface area contributed by atoms with Crippen LogP contribution in [0.4, 0.5) is 0 Å². The Morgan fingerprint density at radius 2 is 2.12 bits per heavy atom. The van der Waals surface area contributed by atoms with Crippen molar-refractivity contribution in [3.05, 3.63) is 29.8 Å². The number of likely N-dealkylation sites (N-methyl/N-ethyl adjacent to an activating group) is 1. The summed E-state index contributed by atoms with van der Waals surface area (Å²) in [6.07, 6.45) is 3.12. The Labute approximate surface area is 149 Å². The van der Waals surface area contributed by atoms with Crippen molar-refractivity contribution in [2.24, 2.45) is 0 Å². The molecule has 1 heterocycles. The van der Waals surface area contributed by atoms with E-state index in [2.05, 4.69) is 16.0 Å². The monoisotopic (exact) mass is 355 g/mol. The van der Waals surface area contributed by atoms with Gasteiger partial charge in [0.05, 0.1) is 6.04 Å². The van der Waals surface area contributed by atoms with Crippen LogP contribution in [0.15, 0.2) is 24.3 Å². The molecular weight excluding hydrogens is 330 g/mol. The van der Waals surface area contributed by atoms with Crippen LogP contribution in [-0.4, -0.2) is 37.6 Å². The third-order valence-electron chi connectivity index (χ3n) is 3.74. The highest BCUT2D eigenvalue weighted by atomic mass is 35.5. The molecule has 2 rings (SSSR count). The van der Waals surface area contributed by atoms with E-state index in [1.807, 2.05) is 25.1 Å². The van der Waals surface area contributed by atoms with E-state index in [1.165, 1.54) is 0 Å². The number of ether oxygens (including phenoxy) is 1. The molecule has 3 N–H and O–H groups in total. The Balaban J connectivity index is 0.00000288. The highest BCUT2D eigenvalue weighted by molar-refractivity contribution is 5.85. The van der Waals surface area contributed by atoms with Crippen LogP contribution in [0.3, 0.4) is 0 Å². The van der Waals surface area contributed by atoms with Crippen LogP contribution in [-0.2, 0) is 16.1 Å². The van der Waals surface area contributed by atoms with Gasteiger partial charge in [-0.15, -0.1) is 12.4 Å². The molecule has 0 bridgehead atoms. The molecule has 1 aliphatic heterocycles. The second-order valence-electron chi connectivity index (χ2n) is 5.61. The molecule has 1 aromatic rings. The summed E-state index contributed by atoms with van der Waals surface area (Å²) in [5.74, 6) is 0.520. The lowest BCUT2D eigenvalue weighted by Gasteiger charge is -2.22. The van der Waals surface area contributed by atoms with E-state index < -0.39 is 0 Å². The van der Waals surface area contributed by atoms with Gasteiger partial charge in [-0.25, -0.2) is 0 Å². The molecule has 0 saturated carbocycles. The summed E-state index contributed by atoms with van der Waals surface area (Å²) >= 11 is 0. The van der Waals surface area contributed by atoms with Gasteiger partial charge in [0, 0.05) is 13.1 Å². The number of carbonyl (C=O) groups is 2. The standard InChI is InChI=1S/C17H25N3O3.ClH/c1-2-18-16(21)12-23-14-7-5-6-13(10-14)11-20-17(22)15-8-3-4-9-19-15;/h5-7,10,15,19H,2-4,8-9,11-12H2,1H3,(H,18,21)(H,20,22);1H. The molecule has 1 atom stereocenters. The Hall–Kier alpha value is -1.79. The number of hydrogen-bond acceptors (Lipinski definition) is 4. The van der Waals surface area contributed by atoms with Crippen molar-refractivity contribution in [2.45, 2.75) is 38.8 Å². The first-order valence-corrected chi connectivity index (χ1v) is 8.18. The molecule has 1 saturated heterocycles. The zero-order chi connectivity index (χ0) is 16.5. The molecule has 1 unspecified atom stereocenters. The molecule has 0 aliphatic carbocycles. The summed E-state index contributed by atoms with van der Waals surface area (Å²) in [6, 6.07) is 7.34. The van der Waals surface area contributed by atoms with Crippen molar-refractivity contribution in [2.75, 3.05) is 19.7 Å². The molecule has 6 nitrogen and oxygen atoms in total. The molecule has 1 aromatic carbocycles. The molecule has 134 valence electrons. The van der Waals surface area contributed by atoms with Gasteiger partial charge in [0.1, 0.15) is 5.75 Å². The zero-order valence-corrected chi connectivity index (χ0v) is 14.8. The van der Waals surface area contributed by atoms with Gasteiger partial charge >= 0.3 is 0 Å². The topological polar surface area (TPSA) is 79.5 Å². The average Bonchev–Trinajstić information content (AvgIpc) is 2.59. The smallest absolute Gasteiger partial charge is 0.257 e. The first kappa shape index (κ1) is 20.3. The average molecular weight is 356 g/mol. The van der Waals surface area contributed by atoms with Crippen molar-refractivity contribution >= 4 is 24.2 Å². The molecule has 24 heavy (non-hydrogen) atoms. The number of carbonyl (C=O) groups excluding carboxylic acids is 2. The van der Waals surface area contributed by atoms with Crippen LogP contribution in [0.1, 0.15) is 31.7 Å². The van der Waals surface area contributed by atoms with Gasteiger partial charge in [-0.3, -0.25) is 9.59 Å². The first-order valence-electron chi connectivity index (χ1n) is 8.18. The molecular formula is C17H26ClN3O3. The van der Waals surface area contributed by atoms with Crippen molar-refractivity contribution < 1.29 is 14.3 Å². The Morgan fingerprint density at radius 3 is 2.83 bits per heavy atom. The SMILES string of the molecule is CCNC(=O)COc1cccc(CNC(=O)C2CCCCN2)c1.Cl. The summed E-state index contributed by atoms with van der Waals surface area (Å²) in [7, 11) is 0. The van der Waals surface area contributed by atoms with E-state index in [0.29, 0.717) is 18.8 Å². The molecule has 1 fully saturated rings. The predicted molar refractivity (Wildman–Crippen MR) is 95.4 cm³/mol. The van der Waals surface area contributed by atoms with Gasteiger partial charge in [0.2, 0.25) is 5.91 Å². The number of amides is 2. The van der Waals surface area contributed by atoms with Gasteiger partial charge in [0.25, 0.3) is 5.91 Å². The molecule has 0 radical (unpaired) electrons. The lowest BCUT2D eigenvalue weighted by molar-refractivity contribution is -0.124. The maximum absolute atomic E-state index is 12.1. The van der Waals surface area contributed by atoms with Gasteiger partial charge in [-0.2, -0.15) is 0 Å². The minimum atomic E-state index is -0.144. The van der Waals surface area contributed by atoms with Crippen LogP contribution < -0.4 is 20.7 Å². The van der Waals surface area contributed by atoms with Gasteiger partial charge in [-0.05, 0) is 44.0 Å². The van der Waals surface area contributed by atoms with Crippen LogP contribution in [0, 0.1) is 0 Å². The predicted octanol–water partition coefficient (Wildman–Crippen LogP) is 1.38. The summed E-state index contributed by atoms with van der Waals surface area (Å²) in [6.45, 7) is 3.80. The number of benzene rings is 1. The first-order chi connectivity index (χ1) is 11.2. The van der Waals surface area contributed by atoms with Crippen LogP contribution >= 0.6 is 12.4 Å². The number of hydrogen-bond donors (Lipinski definition) is 3. The Morgan fingerprint density at radius 1 is 1.29 bits per heavy atom. The lowest BCUT2D eigenvalue weighted by atomic mass is 10.0. The van der Waals surface area contributed by atoms with E-state index in [9.17, 15) is 9.59 Å². The molecule has 7 heteroatoms. The summed E-state index contributed by atoms with van der Waals surface area (Å²) in [5, 5.41) is 8.85. The van der Waals surface area contributed by atoms with Crippen molar-refractivity contribution in [3.63, 3.8) is 0 Å². The second kappa shape index (κ2) is 10.9. The van der Waals surface area contributed by atoms with Crippen molar-refractivity contribution in [3.8, 4) is 5.75 Å². The summed E-state index contributed by atoms with van der Waals surface area (Å²) in [5.41, 5.74) is 0.947. The second-order valence-corrected chi connectivity index (χ2v) is 5.61. The minimum Gasteiger partial charge on any atom is -0.484 e. The van der Waals surface area contributed by atoms with Crippen LogP contribution in [0.5, 0.6) is 5.75 Å². The third kappa shape index (κ3) is 6.76. The largest absolute Gasteiger partial charge is 0.484 e. The Kier molecular flexibility index (Phi) is 9.19. The van der Waals surface area contributed by atoms with E-state index >= 15 is 0 Å². The van der Waals surface area contributed by atoms with Gasteiger partial charge in [0.15, 0.2) is 6.61 Å². The zero-order valence-electron chi connectivity index (χ0n) is 14.0. The fourth-order valence-electron chi connectivity index (χ4n) is 2.53. The number of halogens is 1. The van der Waals surface area contributed by atoms with Crippen LogP contribution in [0.25, 0.3) is 0 Å². The van der Waals surface area contributed by atoms with Crippen molar-refractivity contribution in [1.82, 2.24) is 16.0 Å². The van der Waals surface area contributed by atoms with Gasteiger partial charge in [-0.1, -0.05) is 18.6 Å². The maximum Gasteiger partial charge on any atom is 0.257 e. The minimum absolute atomic E-state index is 0. The van der Waals surface area contributed by atoms with Gasteiger partial charge < -0.3 is 20.7 Å². The number of nitrogens with one attached hydrogen (secondary N) is 3. The summed E-state index contributed by atoms with van der Waals surface area (Å²) in [4.78, 5) is 23.5. The number of rotatable bonds is 7.